The lowest BCUT2D eigenvalue weighted by Crippen LogP contribution is -2.35. The van der Waals surface area contributed by atoms with E-state index in [1.807, 2.05) is 0 Å². The lowest BCUT2D eigenvalue weighted by molar-refractivity contribution is -0.133. The van der Waals surface area contributed by atoms with Gasteiger partial charge in [-0.1, -0.05) is 6.07 Å². The van der Waals surface area contributed by atoms with Crippen LogP contribution in [0.5, 0.6) is 0 Å². The first-order chi connectivity index (χ1) is 10.5. The standard InChI is InChI=1S/C14H14FN3O4/c15-11-2-1-9(8-18-3-5-22-6-4-18)7-10(11)13(19)12(17-16)14(20)21/h1-2,7H,3-6,8H2,(H,20,21). The number of nitrogens with zero attached hydrogens (tertiary/aromatic N) is 3. The summed E-state index contributed by atoms with van der Waals surface area (Å²) < 4.78 is 19.0. The topological polar surface area (TPSA) is 103 Å². The van der Waals surface area contributed by atoms with Crippen molar-refractivity contribution in [3.8, 4) is 0 Å². The van der Waals surface area contributed by atoms with Gasteiger partial charge < -0.3 is 15.4 Å². The molecule has 1 aromatic rings. The molecule has 1 fully saturated rings. The van der Waals surface area contributed by atoms with Crippen molar-refractivity contribution in [1.82, 2.24) is 4.90 Å². The van der Waals surface area contributed by atoms with Crippen LogP contribution in [0.4, 0.5) is 4.39 Å². The minimum Gasteiger partial charge on any atom is -0.472 e. The van der Waals surface area contributed by atoms with Crippen LogP contribution >= 0.6 is 0 Å². The zero-order chi connectivity index (χ0) is 16.1. The van der Waals surface area contributed by atoms with Gasteiger partial charge in [0.05, 0.1) is 18.8 Å². The van der Waals surface area contributed by atoms with Crippen LogP contribution in [0, 0.1) is 5.82 Å². The van der Waals surface area contributed by atoms with E-state index in [1.165, 1.54) is 12.1 Å². The predicted molar refractivity (Wildman–Crippen MR) is 73.1 cm³/mol. The Labute approximate surface area is 125 Å². The number of halogens is 1. The van der Waals surface area contributed by atoms with Crippen molar-refractivity contribution >= 4 is 17.5 Å². The summed E-state index contributed by atoms with van der Waals surface area (Å²) in [6.07, 6.45) is 0. The molecule has 1 heterocycles. The fourth-order valence-electron chi connectivity index (χ4n) is 2.18. The molecule has 0 aromatic heterocycles. The van der Waals surface area contributed by atoms with E-state index < -0.39 is 28.8 Å². The van der Waals surface area contributed by atoms with E-state index in [9.17, 15) is 14.0 Å². The quantitative estimate of drug-likeness (QED) is 0.282. The van der Waals surface area contributed by atoms with E-state index in [0.717, 1.165) is 19.2 Å². The first-order valence-electron chi connectivity index (χ1n) is 6.61. The SMILES string of the molecule is [N-]=[N+]=C(C(=O)O)C(=O)c1cc(CN2CCOCC2)ccc1F. The summed E-state index contributed by atoms with van der Waals surface area (Å²) in [5.41, 5.74) is 7.70. The van der Waals surface area contributed by atoms with Crippen LogP contribution in [-0.4, -0.2) is 58.6 Å². The van der Waals surface area contributed by atoms with Crippen molar-refractivity contribution in [2.24, 2.45) is 0 Å². The van der Waals surface area contributed by atoms with Crippen LogP contribution in [0.15, 0.2) is 18.2 Å². The van der Waals surface area contributed by atoms with E-state index in [-0.39, 0.29) is 0 Å². The normalized spacial score (nSPS) is 15.1. The third-order valence-electron chi connectivity index (χ3n) is 3.30. The fourth-order valence-corrected chi connectivity index (χ4v) is 2.18. The monoisotopic (exact) mass is 307 g/mol. The summed E-state index contributed by atoms with van der Waals surface area (Å²) in [6.45, 7) is 3.14. The Balaban J connectivity index is 2.24. The van der Waals surface area contributed by atoms with Crippen LogP contribution in [-0.2, 0) is 16.1 Å². The van der Waals surface area contributed by atoms with E-state index in [2.05, 4.69) is 9.69 Å². The molecule has 0 atom stereocenters. The molecule has 0 bridgehead atoms. The van der Waals surface area contributed by atoms with Crippen molar-refractivity contribution < 1.29 is 28.6 Å². The van der Waals surface area contributed by atoms with Crippen LogP contribution in [0.3, 0.4) is 0 Å². The average Bonchev–Trinajstić information content (AvgIpc) is 2.50. The molecule has 1 N–H and O–H groups in total. The number of carbonyl (C=O) groups is 2. The molecule has 1 aliphatic heterocycles. The maximum absolute atomic E-state index is 13.8. The molecule has 8 heteroatoms. The fraction of sp³-hybridized carbons (Fsp3) is 0.357. The van der Waals surface area contributed by atoms with Crippen LogP contribution in [0.2, 0.25) is 0 Å². The Morgan fingerprint density at radius 3 is 2.64 bits per heavy atom. The molecule has 0 radical (unpaired) electrons. The smallest absolute Gasteiger partial charge is 0.446 e. The number of hydrogen-bond acceptors (Lipinski definition) is 4. The highest BCUT2D eigenvalue weighted by atomic mass is 19.1. The van der Waals surface area contributed by atoms with E-state index in [1.54, 1.807) is 0 Å². The third kappa shape index (κ3) is 3.62. The molecule has 7 nitrogen and oxygen atoms in total. The summed E-state index contributed by atoms with van der Waals surface area (Å²) in [7, 11) is 0. The molecule has 0 unspecified atom stereocenters. The van der Waals surface area contributed by atoms with Gasteiger partial charge in [-0.2, -0.15) is 4.79 Å². The number of benzene rings is 1. The summed E-state index contributed by atoms with van der Waals surface area (Å²) in [5.74, 6) is -3.75. The van der Waals surface area contributed by atoms with Gasteiger partial charge in [0.25, 0.3) is 5.78 Å². The molecule has 1 aliphatic rings. The van der Waals surface area contributed by atoms with Gasteiger partial charge in [-0.15, -0.1) is 0 Å². The Morgan fingerprint density at radius 2 is 2.05 bits per heavy atom. The number of ketones is 1. The molecular weight excluding hydrogens is 293 g/mol. The molecule has 2 rings (SSSR count). The maximum Gasteiger partial charge on any atom is 0.446 e. The zero-order valence-corrected chi connectivity index (χ0v) is 11.7. The molecule has 0 spiro atoms. The lowest BCUT2D eigenvalue weighted by atomic mass is 10.0. The molecule has 1 saturated heterocycles. The number of Topliss-reactive ketones (excluding diaryl/α,β-unsaturated/α-hetero) is 1. The Hall–Kier alpha value is -2.41. The largest absolute Gasteiger partial charge is 0.472 e. The van der Waals surface area contributed by atoms with Crippen molar-refractivity contribution in [1.29, 1.82) is 0 Å². The van der Waals surface area contributed by atoms with Gasteiger partial charge in [0.2, 0.25) is 0 Å². The van der Waals surface area contributed by atoms with Crippen molar-refractivity contribution in [2.45, 2.75) is 6.54 Å². The number of carboxylic acid groups (broad SMARTS) is 1. The summed E-state index contributed by atoms with van der Waals surface area (Å²) >= 11 is 0. The molecule has 0 saturated carbocycles. The molecular formula is C14H14FN3O4. The molecule has 0 aliphatic carbocycles. The lowest BCUT2D eigenvalue weighted by Gasteiger charge is -2.26. The highest BCUT2D eigenvalue weighted by Gasteiger charge is 2.32. The van der Waals surface area contributed by atoms with E-state index in [4.69, 9.17) is 15.4 Å². The van der Waals surface area contributed by atoms with E-state index in [0.29, 0.717) is 25.3 Å². The van der Waals surface area contributed by atoms with Gasteiger partial charge in [-0.25, -0.2) is 9.18 Å². The van der Waals surface area contributed by atoms with Crippen molar-refractivity contribution in [3.05, 3.63) is 40.7 Å². The Bertz CT molecular complexity index is 649. The van der Waals surface area contributed by atoms with Gasteiger partial charge in [0.1, 0.15) is 5.82 Å². The van der Waals surface area contributed by atoms with Crippen LogP contribution in [0.1, 0.15) is 15.9 Å². The number of ether oxygens (including phenoxy) is 1. The number of morpholine rings is 1. The number of hydrogen-bond donors (Lipinski definition) is 1. The zero-order valence-electron chi connectivity index (χ0n) is 11.7. The average molecular weight is 307 g/mol. The van der Waals surface area contributed by atoms with Crippen LogP contribution in [0.25, 0.3) is 5.53 Å². The summed E-state index contributed by atoms with van der Waals surface area (Å²) in [6, 6.07) is 3.90. The highest BCUT2D eigenvalue weighted by molar-refractivity contribution is 6.65. The third-order valence-corrected chi connectivity index (χ3v) is 3.30. The highest BCUT2D eigenvalue weighted by Crippen LogP contribution is 2.14. The summed E-state index contributed by atoms with van der Waals surface area (Å²) in [5, 5.41) is 8.77. The number of rotatable bonds is 5. The first-order valence-corrected chi connectivity index (χ1v) is 6.61. The number of carboxylic acids is 1. The van der Waals surface area contributed by atoms with E-state index >= 15 is 0 Å². The Morgan fingerprint density at radius 1 is 1.36 bits per heavy atom. The second kappa shape index (κ2) is 7.04. The first kappa shape index (κ1) is 16.0. The van der Waals surface area contributed by atoms with Gasteiger partial charge in [-0.05, 0) is 17.7 Å². The number of aliphatic carboxylic acids is 1. The maximum atomic E-state index is 13.8. The Kier molecular flexibility index (Phi) is 5.11. The minimum atomic E-state index is -1.72. The summed E-state index contributed by atoms with van der Waals surface area (Å²) in [4.78, 5) is 27.2. The van der Waals surface area contributed by atoms with Gasteiger partial charge in [-0.3, -0.25) is 9.69 Å². The minimum absolute atomic E-state index is 0.430. The van der Waals surface area contributed by atoms with Crippen LogP contribution < -0.4 is 0 Å². The van der Waals surface area contributed by atoms with Gasteiger partial charge in [0.15, 0.2) is 0 Å². The van der Waals surface area contributed by atoms with Crippen molar-refractivity contribution in [3.63, 3.8) is 0 Å². The van der Waals surface area contributed by atoms with Gasteiger partial charge in [0, 0.05) is 19.6 Å². The number of carbonyl (C=O) groups excluding carboxylic acids is 1. The molecule has 116 valence electrons. The molecule has 22 heavy (non-hydrogen) atoms. The second-order valence-electron chi connectivity index (χ2n) is 4.79. The second-order valence-corrected chi connectivity index (χ2v) is 4.79. The molecule has 0 amide bonds. The van der Waals surface area contributed by atoms with Gasteiger partial charge >= 0.3 is 11.7 Å². The van der Waals surface area contributed by atoms with Crippen molar-refractivity contribution in [2.75, 3.05) is 26.3 Å². The predicted octanol–water partition coefficient (Wildman–Crippen LogP) is 0.596. The molecule has 1 aromatic carbocycles.